The number of benzene rings is 5. The molecule has 0 atom stereocenters. The highest BCUT2D eigenvalue weighted by Gasteiger charge is 2.52. The second-order valence-corrected chi connectivity index (χ2v) is 11.6. The lowest BCUT2D eigenvalue weighted by Crippen LogP contribution is -2.41. The summed E-state index contributed by atoms with van der Waals surface area (Å²) in [6.45, 7) is 8.37. The molecule has 0 N–H and O–H groups in total. The fourth-order valence-corrected chi connectivity index (χ4v) is 5.69. The van der Waals surface area contributed by atoms with Gasteiger partial charge in [-0.3, -0.25) is 0 Å². The molecular formula is C36H32BNO3. The van der Waals surface area contributed by atoms with Crippen molar-refractivity contribution >= 4 is 51.6 Å². The first-order valence-electron chi connectivity index (χ1n) is 14.1. The molecule has 0 radical (unpaired) electrons. The average Bonchev–Trinajstić information content (AvgIpc) is 3.47. The van der Waals surface area contributed by atoms with E-state index in [9.17, 15) is 0 Å². The summed E-state index contributed by atoms with van der Waals surface area (Å²) in [4.78, 5) is 2.27. The summed E-state index contributed by atoms with van der Waals surface area (Å²) in [5.41, 5.74) is 7.26. The maximum Gasteiger partial charge on any atom is 0.495 e. The monoisotopic (exact) mass is 537 g/mol. The Hall–Kier alpha value is -4.32. The van der Waals surface area contributed by atoms with Gasteiger partial charge in [0.25, 0.3) is 0 Å². The summed E-state index contributed by atoms with van der Waals surface area (Å²) in [6.07, 6.45) is 0. The first kappa shape index (κ1) is 25.6. The number of rotatable bonds is 5. The zero-order valence-corrected chi connectivity index (χ0v) is 23.8. The maximum atomic E-state index is 6.57. The number of fused-ring (bicyclic) bond motifs is 3. The van der Waals surface area contributed by atoms with Crippen LogP contribution >= 0.6 is 0 Å². The lowest BCUT2D eigenvalue weighted by molar-refractivity contribution is 0.00578. The van der Waals surface area contributed by atoms with Crippen LogP contribution < -0.4 is 10.4 Å². The Morgan fingerprint density at radius 1 is 0.537 bits per heavy atom. The first-order valence-corrected chi connectivity index (χ1v) is 14.1. The van der Waals surface area contributed by atoms with Gasteiger partial charge in [0.05, 0.1) is 11.2 Å². The summed E-state index contributed by atoms with van der Waals surface area (Å²) < 4.78 is 19.4. The zero-order chi connectivity index (χ0) is 28.2. The molecule has 1 aliphatic rings. The summed E-state index contributed by atoms with van der Waals surface area (Å²) in [6, 6.07) is 42.0. The van der Waals surface area contributed by atoms with E-state index in [2.05, 4.69) is 124 Å². The molecule has 0 saturated carbocycles. The maximum absolute atomic E-state index is 6.57. The van der Waals surface area contributed by atoms with Crippen LogP contribution in [0.25, 0.3) is 33.1 Å². The molecule has 5 aromatic carbocycles. The lowest BCUT2D eigenvalue weighted by atomic mass is 9.73. The predicted octanol–water partition coefficient (Wildman–Crippen LogP) is 9.02. The van der Waals surface area contributed by atoms with Gasteiger partial charge in [-0.05, 0) is 92.8 Å². The smallest absolute Gasteiger partial charge is 0.456 e. The van der Waals surface area contributed by atoms with E-state index in [0.717, 1.165) is 55.6 Å². The Balaban J connectivity index is 1.40. The normalized spacial score (nSPS) is 16.0. The SMILES string of the molecule is CC1(C)OB(c2ccc3oc4ccccc4c3c2-c2ccc(N(c3ccccc3)c3ccccc3)cc2)OC1(C)C. The molecule has 0 unspecified atom stereocenters. The van der Waals surface area contributed by atoms with Crippen LogP contribution in [0.3, 0.4) is 0 Å². The van der Waals surface area contributed by atoms with Crippen LogP contribution in [0.4, 0.5) is 17.1 Å². The van der Waals surface area contributed by atoms with E-state index >= 15 is 0 Å². The van der Waals surface area contributed by atoms with Crippen LogP contribution in [0.5, 0.6) is 0 Å². The first-order chi connectivity index (χ1) is 19.8. The number of hydrogen-bond donors (Lipinski definition) is 0. The molecule has 0 bridgehead atoms. The van der Waals surface area contributed by atoms with Crippen molar-refractivity contribution in [3.63, 3.8) is 0 Å². The molecule has 2 heterocycles. The van der Waals surface area contributed by atoms with Crippen LogP contribution in [0.2, 0.25) is 0 Å². The third-order valence-corrected chi connectivity index (χ3v) is 8.53. The van der Waals surface area contributed by atoms with E-state index in [1.165, 1.54) is 0 Å². The van der Waals surface area contributed by atoms with Crippen LogP contribution in [-0.4, -0.2) is 18.3 Å². The Morgan fingerprint density at radius 2 is 1.07 bits per heavy atom. The van der Waals surface area contributed by atoms with Crippen LogP contribution in [0, 0.1) is 0 Å². The molecule has 5 heteroatoms. The summed E-state index contributed by atoms with van der Waals surface area (Å²) in [5, 5.41) is 2.15. The molecule has 0 aliphatic carbocycles. The van der Waals surface area contributed by atoms with E-state index in [0.29, 0.717) is 0 Å². The average molecular weight is 537 g/mol. The molecular weight excluding hydrogens is 505 g/mol. The van der Waals surface area contributed by atoms with Crippen molar-refractivity contribution in [1.29, 1.82) is 0 Å². The van der Waals surface area contributed by atoms with Crippen LogP contribution in [0.15, 0.2) is 126 Å². The van der Waals surface area contributed by atoms with E-state index in [1.807, 2.05) is 30.3 Å². The molecule has 6 aromatic rings. The highest BCUT2D eigenvalue weighted by Crippen LogP contribution is 2.41. The number of anilines is 3. The minimum Gasteiger partial charge on any atom is -0.456 e. The zero-order valence-electron chi connectivity index (χ0n) is 23.8. The minimum absolute atomic E-state index is 0.446. The number of para-hydroxylation sites is 3. The van der Waals surface area contributed by atoms with Crippen molar-refractivity contribution in [3.05, 3.63) is 121 Å². The number of furan rings is 1. The van der Waals surface area contributed by atoms with Gasteiger partial charge < -0.3 is 18.6 Å². The predicted molar refractivity (Wildman–Crippen MR) is 170 cm³/mol. The summed E-state index contributed by atoms with van der Waals surface area (Å²) in [5.74, 6) is 0. The molecule has 0 amide bonds. The molecule has 1 saturated heterocycles. The Kier molecular flexibility index (Phi) is 6.04. The molecule has 0 spiro atoms. The highest BCUT2D eigenvalue weighted by atomic mass is 16.7. The quantitative estimate of drug-likeness (QED) is 0.206. The standard InChI is InChI=1S/C36H32BNO3/c1-35(2)36(3,4)41-37(40-35)30-23-24-32-34(29-17-11-12-18-31(29)39-32)33(30)25-19-21-28(22-20-25)38(26-13-7-5-8-14-26)27-15-9-6-10-16-27/h5-24H,1-4H3. The van der Waals surface area contributed by atoms with Crippen molar-refractivity contribution < 1.29 is 13.7 Å². The van der Waals surface area contributed by atoms with E-state index in [4.69, 9.17) is 13.7 Å². The van der Waals surface area contributed by atoms with Crippen LogP contribution in [0.1, 0.15) is 27.7 Å². The van der Waals surface area contributed by atoms with Gasteiger partial charge in [0.2, 0.25) is 0 Å². The van der Waals surface area contributed by atoms with Gasteiger partial charge in [-0.25, -0.2) is 0 Å². The van der Waals surface area contributed by atoms with Gasteiger partial charge in [0.1, 0.15) is 11.2 Å². The van der Waals surface area contributed by atoms with Gasteiger partial charge in [0, 0.05) is 27.8 Å². The third kappa shape index (κ3) is 4.33. The molecule has 4 nitrogen and oxygen atoms in total. The topological polar surface area (TPSA) is 34.8 Å². The van der Waals surface area contributed by atoms with Gasteiger partial charge in [-0.2, -0.15) is 0 Å². The van der Waals surface area contributed by atoms with Crippen molar-refractivity contribution in [2.75, 3.05) is 4.90 Å². The minimum atomic E-state index is -0.502. The molecule has 1 aliphatic heterocycles. The Morgan fingerprint density at radius 3 is 1.68 bits per heavy atom. The fraction of sp³-hybridized carbons (Fsp3) is 0.167. The van der Waals surface area contributed by atoms with E-state index < -0.39 is 18.3 Å². The molecule has 7 rings (SSSR count). The Bertz CT molecular complexity index is 1790. The second-order valence-electron chi connectivity index (χ2n) is 11.6. The summed E-state index contributed by atoms with van der Waals surface area (Å²) in [7, 11) is -0.502. The van der Waals surface area contributed by atoms with Gasteiger partial charge >= 0.3 is 7.12 Å². The third-order valence-electron chi connectivity index (χ3n) is 8.53. The molecule has 1 aromatic heterocycles. The number of hydrogen-bond acceptors (Lipinski definition) is 4. The number of nitrogens with zero attached hydrogens (tertiary/aromatic N) is 1. The van der Waals surface area contributed by atoms with Crippen LogP contribution in [-0.2, 0) is 9.31 Å². The van der Waals surface area contributed by atoms with Crippen molar-refractivity contribution in [3.8, 4) is 11.1 Å². The lowest BCUT2D eigenvalue weighted by Gasteiger charge is -2.32. The van der Waals surface area contributed by atoms with Crippen molar-refractivity contribution in [2.24, 2.45) is 0 Å². The molecule has 1 fully saturated rings. The second kappa shape index (κ2) is 9.65. The molecule has 41 heavy (non-hydrogen) atoms. The highest BCUT2D eigenvalue weighted by molar-refractivity contribution is 6.64. The van der Waals surface area contributed by atoms with Crippen molar-refractivity contribution in [1.82, 2.24) is 0 Å². The van der Waals surface area contributed by atoms with Gasteiger partial charge in [0.15, 0.2) is 0 Å². The van der Waals surface area contributed by atoms with Gasteiger partial charge in [-0.1, -0.05) is 72.8 Å². The van der Waals surface area contributed by atoms with E-state index in [-0.39, 0.29) is 0 Å². The fourth-order valence-electron chi connectivity index (χ4n) is 5.69. The van der Waals surface area contributed by atoms with Crippen molar-refractivity contribution in [2.45, 2.75) is 38.9 Å². The summed E-state index contributed by atoms with van der Waals surface area (Å²) >= 11 is 0. The van der Waals surface area contributed by atoms with E-state index in [1.54, 1.807) is 0 Å². The van der Waals surface area contributed by atoms with Gasteiger partial charge in [-0.15, -0.1) is 0 Å². The molecule has 202 valence electrons. The Labute approximate surface area is 241 Å². The largest absolute Gasteiger partial charge is 0.495 e.